The number of thiophene rings is 1. The molecule has 0 fully saturated rings. The van der Waals surface area contributed by atoms with E-state index < -0.39 is 5.97 Å². The summed E-state index contributed by atoms with van der Waals surface area (Å²) in [6, 6.07) is 0. The highest BCUT2D eigenvalue weighted by molar-refractivity contribution is 7.16. The van der Waals surface area contributed by atoms with Gasteiger partial charge in [-0.1, -0.05) is 20.8 Å². The predicted molar refractivity (Wildman–Crippen MR) is 75.8 cm³/mol. The van der Waals surface area contributed by atoms with Crippen molar-refractivity contribution in [2.45, 2.75) is 40.0 Å². The Kier molecular flexibility index (Phi) is 3.41. The van der Waals surface area contributed by atoms with E-state index in [1.807, 2.05) is 0 Å². The molecule has 3 nitrogen and oxygen atoms in total. The Hall–Kier alpha value is -1.03. The summed E-state index contributed by atoms with van der Waals surface area (Å²) in [6.45, 7) is 6.81. The summed E-state index contributed by atoms with van der Waals surface area (Å²) in [4.78, 5) is 12.6. The summed E-state index contributed by atoms with van der Waals surface area (Å²) in [7, 11) is 1.80. The van der Waals surface area contributed by atoms with Crippen molar-refractivity contribution in [2.24, 2.45) is 11.3 Å². The summed E-state index contributed by atoms with van der Waals surface area (Å²) in [5, 5.41) is 13.2. The van der Waals surface area contributed by atoms with Gasteiger partial charge in [-0.05, 0) is 36.2 Å². The zero-order valence-corrected chi connectivity index (χ0v) is 12.3. The van der Waals surface area contributed by atoms with Crippen LogP contribution in [0, 0.1) is 11.3 Å². The van der Waals surface area contributed by atoms with Crippen LogP contribution in [0.2, 0.25) is 0 Å². The Balaban J connectivity index is 2.38. The van der Waals surface area contributed by atoms with Crippen molar-refractivity contribution in [1.29, 1.82) is 0 Å². The molecule has 1 unspecified atom stereocenters. The molecule has 100 valence electrons. The van der Waals surface area contributed by atoms with Gasteiger partial charge in [0, 0.05) is 11.9 Å². The van der Waals surface area contributed by atoms with E-state index in [2.05, 4.69) is 26.1 Å². The molecule has 0 spiro atoms. The van der Waals surface area contributed by atoms with E-state index in [-0.39, 0.29) is 0 Å². The first-order valence-corrected chi connectivity index (χ1v) is 7.21. The highest BCUT2D eigenvalue weighted by atomic mass is 32.1. The van der Waals surface area contributed by atoms with Gasteiger partial charge in [-0.25, -0.2) is 4.79 Å². The Morgan fingerprint density at radius 3 is 2.61 bits per heavy atom. The van der Waals surface area contributed by atoms with E-state index in [1.165, 1.54) is 4.88 Å². The third-order valence-corrected chi connectivity index (χ3v) is 5.20. The molecule has 18 heavy (non-hydrogen) atoms. The van der Waals surface area contributed by atoms with Crippen LogP contribution >= 0.6 is 11.3 Å². The number of rotatable bonds is 2. The van der Waals surface area contributed by atoms with Crippen LogP contribution in [0.25, 0.3) is 0 Å². The van der Waals surface area contributed by atoms with Crippen molar-refractivity contribution >= 4 is 22.3 Å². The van der Waals surface area contributed by atoms with E-state index in [4.69, 9.17) is 0 Å². The topological polar surface area (TPSA) is 49.3 Å². The molecule has 0 saturated heterocycles. The van der Waals surface area contributed by atoms with E-state index in [0.717, 1.165) is 29.8 Å². The quantitative estimate of drug-likeness (QED) is 0.860. The van der Waals surface area contributed by atoms with Crippen molar-refractivity contribution in [3.05, 3.63) is 16.0 Å². The fourth-order valence-electron chi connectivity index (χ4n) is 2.73. The molecule has 0 saturated carbocycles. The Morgan fingerprint density at radius 2 is 2.11 bits per heavy atom. The van der Waals surface area contributed by atoms with Crippen molar-refractivity contribution in [3.63, 3.8) is 0 Å². The first kappa shape index (κ1) is 13.4. The highest BCUT2D eigenvalue weighted by Crippen LogP contribution is 2.43. The van der Waals surface area contributed by atoms with Gasteiger partial charge in [0.15, 0.2) is 0 Å². The number of aromatic carboxylic acids is 1. The summed E-state index contributed by atoms with van der Waals surface area (Å²) >= 11 is 1.62. The zero-order valence-electron chi connectivity index (χ0n) is 11.5. The van der Waals surface area contributed by atoms with Crippen LogP contribution in [0.15, 0.2) is 0 Å². The van der Waals surface area contributed by atoms with E-state index >= 15 is 0 Å². The molecule has 0 bridgehead atoms. The first-order chi connectivity index (χ1) is 8.34. The van der Waals surface area contributed by atoms with Crippen LogP contribution in [-0.4, -0.2) is 18.1 Å². The lowest BCUT2D eigenvalue weighted by molar-refractivity contribution is 0.0696. The standard InChI is InChI=1S/C14H21NO2S/c1-14(2,3)8-5-6-9-10(7-8)18-12(15-4)11(9)13(16)17/h8,15H,5-7H2,1-4H3,(H,16,17). The molecule has 0 aliphatic heterocycles. The van der Waals surface area contributed by atoms with E-state index in [1.54, 1.807) is 18.4 Å². The Bertz CT molecular complexity index is 471. The van der Waals surface area contributed by atoms with Crippen molar-refractivity contribution in [1.82, 2.24) is 0 Å². The van der Waals surface area contributed by atoms with Crippen molar-refractivity contribution < 1.29 is 9.90 Å². The highest BCUT2D eigenvalue weighted by Gasteiger charge is 2.33. The van der Waals surface area contributed by atoms with Gasteiger partial charge in [0.1, 0.15) is 5.00 Å². The minimum atomic E-state index is -0.800. The molecular formula is C14H21NO2S. The summed E-state index contributed by atoms with van der Waals surface area (Å²) in [6.07, 6.45) is 3.01. The molecule has 1 aromatic heterocycles. The predicted octanol–water partition coefficient (Wildman–Crippen LogP) is 3.64. The molecule has 4 heteroatoms. The molecule has 0 aromatic carbocycles. The molecule has 1 aromatic rings. The molecule has 0 radical (unpaired) electrons. The minimum Gasteiger partial charge on any atom is -0.478 e. The normalized spacial score (nSPS) is 19.4. The second kappa shape index (κ2) is 4.57. The van der Waals surface area contributed by atoms with E-state index in [0.29, 0.717) is 16.9 Å². The molecule has 1 atom stereocenters. The third-order valence-electron chi connectivity index (χ3n) is 3.93. The number of carboxylic acids is 1. The zero-order chi connectivity index (χ0) is 13.5. The molecular weight excluding hydrogens is 246 g/mol. The van der Waals surface area contributed by atoms with E-state index in [9.17, 15) is 9.90 Å². The lowest BCUT2D eigenvalue weighted by Gasteiger charge is -2.33. The average Bonchev–Trinajstić information content (AvgIpc) is 2.64. The Morgan fingerprint density at radius 1 is 1.44 bits per heavy atom. The Labute approximate surface area is 112 Å². The number of carbonyl (C=O) groups is 1. The fraction of sp³-hybridized carbons (Fsp3) is 0.643. The fourth-order valence-corrected chi connectivity index (χ4v) is 4.00. The van der Waals surface area contributed by atoms with Gasteiger partial charge in [0.05, 0.1) is 5.56 Å². The van der Waals surface area contributed by atoms with Crippen LogP contribution in [-0.2, 0) is 12.8 Å². The van der Waals surface area contributed by atoms with Crippen LogP contribution in [0.1, 0.15) is 48.0 Å². The lowest BCUT2D eigenvalue weighted by Crippen LogP contribution is -2.26. The number of hydrogen-bond donors (Lipinski definition) is 2. The van der Waals surface area contributed by atoms with Gasteiger partial charge in [-0.3, -0.25) is 0 Å². The number of anilines is 1. The summed E-state index contributed by atoms with van der Waals surface area (Å²) in [5.74, 6) is -0.152. The van der Waals surface area contributed by atoms with Gasteiger partial charge in [-0.2, -0.15) is 0 Å². The van der Waals surface area contributed by atoms with Crippen LogP contribution in [0.3, 0.4) is 0 Å². The van der Waals surface area contributed by atoms with Gasteiger partial charge >= 0.3 is 5.97 Å². The SMILES string of the molecule is CNc1sc2c(c1C(=O)O)CCC(C(C)(C)C)C2. The second-order valence-corrected chi connectivity index (χ2v) is 7.17. The monoisotopic (exact) mass is 267 g/mol. The third kappa shape index (κ3) is 2.26. The molecule has 1 aliphatic rings. The lowest BCUT2D eigenvalue weighted by atomic mass is 9.72. The number of fused-ring (bicyclic) bond motifs is 1. The molecule has 0 amide bonds. The van der Waals surface area contributed by atoms with Gasteiger partial charge in [0.25, 0.3) is 0 Å². The van der Waals surface area contributed by atoms with Gasteiger partial charge in [0.2, 0.25) is 0 Å². The molecule has 1 heterocycles. The maximum atomic E-state index is 11.4. The summed E-state index contributed by atoms with van der Waals surface area (Å²) in [5.41, 5.74) is 1.87. The molecule has 2 rings (SSSR count). The minimum absolute atomic E-state index is 0.297. The number of carboxylic acid groups (broad SMARTS) is 1. The maximum Gasteiger partial charge on any atom is 0.338 e. The number of nitrogens with one attached hydrogen (secondary N) is 1. The second-order valence-electron chi connectivity index (χ2n) is 6.07. The van der Waals surface area contributed by atoms with Crippen molar-refractivity contribution in [3.8, 4) is 0 Å². The smallest absolute Gasteiger partial charge is 0.338 e. The first-order valence-electron chi connectivity index (χ1n) is 6.40. The van der Waals surface area contributed by atoms with Crippen LogP contribution in [0.5, 0.6) is 0 Å². The van der Waals surface area contributed by atoms with Gasteiger partial charge < -0.3 is 10.4 Å². The van der Waals surface area contributed by atoms with Crippen LogP contribution in [0.4, 0.5) is 5.00 Å². The van der Waals surface area contributed by atoms with Crippen LogP contribution < -0.4 is 5.32 Å². The van der Waals surface area contributed by atoms with Gasteiger partial charge in [-0.15, -0.1) is 11.3 Å². The average molecular weight is 267 g/mol. The summed E-state index contributed by atoms with van der Waals surface area (Å²) < 4.78 is 0. The van der Waals surface area contributed by atoms with Crippen molar-refractivity contribution in [2.75, 3.05) is 12.4 Å². The molecule has 1 aliphatic carbocycles. The maximum absolute atomic E-state index is 11.4. The number of hydrogen-bond acceptors (Lipinski definition) is 3. The largest absolute Gasteiger partial charge is 0.478 e. The molecule has 2 N–H and O–H groups in total.